The molecule has 2 N–H and O–H groups in total. The number of hydrogen-bond donors (Lipinski definition) is 2. The molecule has 92 valence electrons. The Morgan fingerprint density at radius 3 is 3.11 bits per heavy atom. The molecule has 0 radical (unpaired) electrons. The van der Waals surface area contributed by atoms with Gasteiger partial charge in [-0.3, -0.25) is 5.32 Å². The molecule has 2 atom stereocenters. The van der Waals surface area contributed by atoms with Gasteiger partial charge < -0.3 is 10.1 Å². The van der Waals surface area contributed by atoms with E-state index in [1.165, 1.54) is 0 Å². The zero-order chi connectivity index (χ0) is 12.6. The Balaban J connectivity index is 2.06. The summed E-state index contributed by atoms with van der Waals surface area (Å²) in [6.07, 6.45) is 0.746. The summed E-state index contributed by atoms with van der Waals surface area (Å²) in [6, 6.07) is 9.53. The second kappa shape index (κ2) is 4.00. The number of hydrogen-bond acceptors (Lipinski definition) is 4. The molecule has 1 aromatic carbocycles. The van der Waals surface area contributed by atoms with E-state index < -0.39 is 11.7 Å². The summed E-state index contributed by atoms with van der Waals surface area (Å²) in [5, 5.41) is 14.9. The van der Waals surface area contributed by atoms with E-state index in [4.69, 9.17) is 10.00 Å². The summed E-state index contributed by atoms with van der Waals surface area (Å²) in [5.41, 5.74) is 1.09. The van der Waals surface area contributed by atoms with Crippen LogP contribution in [-0.2, 0) is 10.3 Å². The number of piperidine rings is 1. The predicted molar refractivity (Wildman–Crippen MR) is 64.9 cm³/mol. The molecule has 1 amide bonds. The summed E-state index contributed by atoms with van der Waals surface area (Å²) in [5.74, 6) is 0. The lowest BCUT2D eigenvalue weighted by molar-refractivity contribution is -0.0189. The summed E-state index contributed by atoms with van der Waals surface area (Å²) >= 11 is 0. The van der Waals surface area contributed by atoms with Crippen LogP contribution in [0.5, 0.6) is 0 Å². The summed E-state index contributed by atoms with van der Waals surface area (Å²) in [6.45, 7) is 0.667. The summed E-state index contributed by atoms with van der Waals surface area (Å²) in [4.78, 5) is 11.7. The number of benzene rings is 1. The molecule has 5 nitrogen and oxygen atoms in total. The fourth-order valence-electron chi connectivity index (χ4n) is 2.74. The molecule has 0 bridgehead atoms. The standard InChI is InChI=1S/C13H13N3O2/c14-8-9-7-13(5-6-15-9)10-3-1-2-4-11(10)16-12(17)18-13/h1-4,9,15H,5-7H2,(H,16,17). The van der Waals surface area contributed by atoms with Gasteiger partial charge in [0.05, 0.1) is 17.8 Å². The van der Waals surface area contributed by atoms with Crippen LogP contribution in [0.15, 0.2) is 24.3 Å². The van der Waals surface area contributed by atoms with Gasteiger partial charge in [0.25, 0.3) is 0 Å². The van der Waals surface area contributed by atoms with Gasteiger partial charge in [-0.2, -0.15) is 5.26 Å². The number of anilines is 1. The lowest BCUT2D eigenvalue weighted by atomic mass is 9.80. The molecular weight excluding hydrogens is 230 g/mol. The number of carbonyl (C=O) groups is 1. The van der Waals surface area contributed by atoms with E-state index in [9.17, 15) is 4.79 Å². The molecule has 1 fully saturated rings. The molecule has 2 aliphatic rings. The Morgan fingerprint density at radius 2 is 2.28 bits per heavy atom. The van der Waals surface area contributed by atoms with Crippen molar-refractivity contribution >= 4 is 11.8 Å². The normalized spacial score (nSPS) is 29.9. The number of ether oxygens (including phenoxy) is 1. The molecule has 2 unspecified atom stereocenters. The average molecular weight is 243 g/mol. The van der Waals surface area contributed by atoms with Crippen LogP contribution < -0.4 is 10.6 Å². The van der Waals surface area contributed by atoms with Crippen LogP contribution >= 0.6 is 0 Å². The van der Waals surface area contributed by atoms with Gasteiger partial charge in [0.2, 0.25) is 0 Å². The van der Waals surface area contributed by atoms with Crippen molar-refractivity contribution in [2.24, 2.45) is 0 Å². The number of nitriles is 1. The highest BCUT2D eigenvalue weighted by molar-refractivity contribution is 5.88. The fourth-order valence-corrected chi connectivity index (χ4v) is 2.74. The van der Waals surface area contributed by atoms with Crippen LogP contribution in [0, 0.1) is 11.3 Å². The molecule has 0 aliphatic carbocycles. The van der Waals surface area contributed by atoms with E-state index in [-0.39, 0.29) is 6.04 Å². The summed E-state index contributed by atoms with van der Waals surface area (Å²) < 4.78 is 5.53. The predicted octanol–water partition coefficient (Wildman–Crippen LogP) is 1.72. The quantitative estimate of drug-likeness (QED) is 0.727. The van der Waals surface area contributed by atoms with Crippen molar-refractivity contribution < 1.29 is 9.53 Å². The maximum absolute atomic E-state index is 11.7. The number of para-hydroxylation sites is 1. The average Bonchev–Trinajstić information content (AvgIpc) is 2.38. The molecule has 3 rings (SSSR count). The number of nitrogens with one attached hydrogen (secondary N) is 2. The molecule has 1 saturated heterocycles. The largest absolute Gasteiger partial charge is 0.438 e. The van der Waals surface area contributed by atoms with Crippen molar-refractivity contribution in [3.8, 4) is 6.07 Å². The first-order valence-electron chi connectivity index (χ1n) is 5.96. The minimum Gasteiger partial charge on any atom is -0.438 e. The van der Waals surface area contributed by atoms with Gasteiger partial charge in [-0.25, -0.2) is 4.79 Å². The van der Waals surface area contributed by atoms with Gasteiger partial charge in [-0.05, 0) is 6.07 Å². The van der Waals surface area contributed by atoms with E-state index in [2.05, 4.69) is 16.7 Å². The van der Waals surface area contributed by atoms with Crippen molar-refractivity contribution in [3.05, 3.63) is 29.8 Å². The molecule has 18 heavy (non-hydrogen) atoms. The molecule has 1 spiro atoms. The third kappa shape index (κ3) is 1.62. The zero-order valence-corrected chi connectivity index (χ0v) is 9.77. The SMILES string of the molecule is N#CC1CC2(CCN1)OC(=O)Nc1ccccc12. The van der Waals surface area contributed by atoms with Crippen molar-refractivity contribution in [2.75, 3.05) is 11.9 Å². The van der Waals surface area contributed by atoms with E-state index >= 15 is 0 Å². The maximum Gasteiger partial charge on any atom is 0.412 e. The van der Waals surface area contributed by atoms with E-state index in [1.54, 1.807) is 0 Å². The summed E-state index contributed by atoms with van der Waals surface area (Å²) in [7, 11) is 0. The molecule has 2 aliphatic heterocycles. The lowest BCUT2D eigenvalue weighted by Gasteiger charge is -2.42. The first kappa shape index (κ1) is 11.1. The second-order valence-electron chi connectivity index (χ2n) is 4.64. The highest BCUT2D eigenvalue weighted by atomic mass is 16.6. The van der Waals surface area contributed by atoms with Gasteiger partial charge in [0, 0.05) is 24.9 Å². The Hall–Kier alpha value is -2.06. The van der Waals surface area contributed by atoms with E-state index in [0.29, 0.717) is 19.4 Å². The van der Waals surface area contributed by atoms with Crippen LogP contribution in [0.2, 0.25) is 0 Å². The van der Waals surface area contributed by atoms with Crippen molar-refractivity contribution in [1.29, 1.82) is 5.26 Å². The number of amides is 1. The first-order valence-corrected chi connectivity index (χ1v) is 5.96. The van der Waals surface area contributed by atoms with Crippen LogP contribution in [0.1, 0.15) is 18.4 Å². The topological polar surface area (TPSA) is 74.1 Å². The highest BCUT2D eigenvalue weighted by Crippen LogP contribution is 2.43. The maximum atomic E-state index is 11.7. The van der Waals surface area contributed by atoms with Crippen molar-refractivity contribution in [1.82, 2.24) is 5.32 Å². The molecule has 1 aromatic rings. The number of nitrogens with zero attached hydrogens (tertiary/aromatic N) is 1. The van der Waals surface area contributed by atoms with Gasteiger partial charge in [-0.1, -0.05) is 18.2 Å². The van der Waals surface area contributed by atoms with Crippen LogP contribution in [0.3, 0.4) is 0 Å². The lowest BCUT2D eigenvalue weighted by Crippen LogP contribution is -2.50. The van der Waals surface area contributed by atoms with Crippen LogP contribution in [0.4, 0.5) is 10.5 Å². The zero-order valence-electron chi connectivity index (χ0n) is 9.77. The van der Waals surface area contributed by atoms with Gasteiger partial charge in [0.15, 0.2) is 0 Å². The monoisotopic (exact) mass is 243 g/mol. The van der Waals surface area contributed by atoms with Gasteiger partial charge in [-0.15, -0.1) is 0 Å². The Bertz CT molecular complexity index is 537. The smallest absolute Gasteiger partial charge is 0.412 e. The molecule has 2 heterocycles. The van der Waals surface area contributed by atoms with Crippen LogP contribution in [0.25, 0.3) is 0 Å². The van der Waals surface area contributed by atoms with Crippen molar-refractivity contribution in [2.45, 2.75) is 24.5 Å². The second-order valence-corrected chi connectivity index (χ2v) is 4.64. The number of fused-ring (bicyclic) bond motifs is 2. The van der Waals surface area contributed by atoms with Gasteiger partial charge in [0.1, 0.15) is 5.60 Å². The Morgan fingerprint density at radius 1 is 1.44 bits per heavy atom. The number of rotatable bonds is 0. The first-order chi connectivity index (χ1) is 8.73. The third-order valence-electron chi connectivity index (χ3n) is 3.55. The third-order valence-corrected chi connectivity index (χ3v) is 3.55. The molecular formula is C13H13N3O2. The molecule has 5 heteroatoms. The van der Waals surface area contributed by atoms with E-state index in [0.717, 1.165) is 11.3 Å². The fraction of sp³-hybridized carbons (Fsp3) is 0.385. The van der Waals surface area contributed by atoms with Crippen LogP contribution in [-0.4, -0.2) is 18.7 Å². The number of carbonyl (C=O) groups excluding carboxylic acids is 1. The molecule has 0 saturated carbocycles. The Labute approximate surface area is 105 Å². The van der Waals surface area contributed by atoms with Gasteiger partial charge >= 0.3 is 6.09 Å². The highest BCUT2D eigenvalue weighted by Gasteiger charge is 2.45. The van der Waals surface area contributed by atoms with Crippen molar-refractivity contribution in [3.63, 3.8) is 0 Å². The minimum absolute atomic E-state index is 0.280. The minimum atomic E-state index is -0.662. The Kier molecular flexibility index (Phi) is 2.46. The van der Waals surface area contributed by atoms with E-state index in [1.807, 2.05) is 24.3 Å². The molecule has 0 aromatic heterocycles.